The molecule has 4 rings (SSSR count). The van der Waals surface area contributed by atoms with Crippen LogP contribution in [0.3, 0.4) is 0 Å². The van der Waals surface area contributed by atoms with Crippen molar-refractivity contribution in [2.24, 2.45) is 5.92 Å². The average Bonchev–Trinajstić information content (AvgIpc) is 3.08. The molecule has 1 aliphatic rings. The molecule has 0 atom stereocenters. The van der Waals surface area contributed by atoms with E-state index in [1.807, 2.05) is 0 Å². The summed E-state index contributed by atoms with van der Waals surface area (Å²) in [6.07, 6.45) is 6.65. The van der Waals surface area contributed by atoms with Crippen molar-refractivity contribution in [1.29, 1.82) is 0 Å². The van der Waals surface area contributed by atoms with Crippen molar-refractivity contribution >= 4 is 21.7 Å². The summed E-state index contributed by atoms with van der Waals surface area (Å²) >= 11 is 0. The van der Waals surface area contributed by atoms with Gasteiger partial charge in [-0.3, -0.25) is 0 Å². The lowest BCUT2D eigenvalue weighted by Crippen LogP contribution is -1.96. The number of rotatable bonds is 2. The molecule has 0 N–H and O–H groups in total. The lowest BCUT2D eigenvalue weighted by molar-refractivity contribution is 0.464. The fourth-order valence-corrected chi connectivity index (χ4v) is 3.42. The predicted octanol–water partition coefficient (Wildman–Crippen LogP) is 5.32. The monoisotopic (exact) mass is 250 g/mol. The van der Waals surface area contributed by atoms with Crippen molar-refractivity contribution in [3.63, 3.8) is 0 Å². The summed E-state index contributed by atoms with van der Waals surface area (Å²) in [5, 5.41) is 3.74. The molecule has 2 aromatic carbocycles. The first-order chi connectivity index (χ1) is 9.40. The summed E-state index contributed by atoms with van der Waals surface area (Å²) in [6.45, 7) is 0. The molecule has 1 heteroatoms. The molecule has 0 aliphatic heterocycles. The van der Waals surface area contributed by atoms with Crippen LogP contribution in [-0.4, -0.2) is 0 Å². The van der Waals surface area contributed by atoms with E-state index in [0.717, 1.165) is 17.9 Å². The second kappa shape index (κ2) is 4.41. The standard InChI is InChI=1S/C18H18O/c1-2-6-13(5-1)11-16-12-15-10-9-14-7-3-4-8-17(14)18(15)19-16/h3-4,7-10,12-13H,1-2,5-6,11H2. The van der Waals surface area contributed by atoms with Gasteiger partial charge in [-0.05, 0) is 17.4 Å². The molecule has 1 saturated carbocycles. The predicted molar refractivity (Wildman–Crippen MR) is 79.4 cm³/mol. The highest BCUT2D eigenvalue weighted by atomic mass is 16.3. The minimum absolute atomic E-state index is 0.840. The van der Waals surface area contributed by atoms with Crippen molar-refractivity contribution in [3.05, 3.63) is 48.2 Å². The highest BCUT2D eigenvalue weighted by Gasteiger charge is 2.17. The fraction of sp³-hybridized carbons (Fsp3) is 0.333. The van der Waals surface area contributed by atoms with Gasteiger partial charge in [0.1, 0.15) is 11.3 Å². The molecule has 19 heavy (non-hydrogen) atoms. The summed E-state index contributed by atoms with van der Waals surface area (Å²) in [7, 11) is 0. The Hall–Kier alpha value is -1.76. The third-order valence-corrected chi connectivity index (χ3v) is 4.42. The van der Waals surface area contributed by atoms with Crippen LogP contribution in [0.15, 0.2) is 46.9 Å². The molecule has 0 radical (unpaired) electrons. The molecule has 0 unspecified atom stereocenters. The Bertz CT molecular complexity index is 717. The Balaban J connectivity index is 1.79. The molecule has 3 aromatic rings. The summed E-state index contributed by atoms with van der Waals surface area (Å²) in [5.41, 5.74) is 1.06. The topological polar surface area (TPSA) is 13.1 Å². The molecule has 1 heterocycles. The van der Waals surface area contributed by atoms with E-state index >= 15 is 0 Å². The number of hydrogen-bond donors (Lipinski definition) is 0. The van der Waals surface area contributed by atoms with Crippen LogP contribution in [0.1, 0.15) is 31.4 Å². The van der Waals surface area contributed by atoms with Crippen molar-refractivity contribution in [1.82, 2.24) is 0 Å². The van der Waals surface area contributed by atoms with E-state index in [-0.39, 0.29) is 0 Å². The smallest absolute Gasteiger partial charge is 0.142 e. The van der Waals surface area contributed by atoms with Crippen LogP contribution < -0.4 is 0 Å². The molecule has 1 aliphatic carbocycles. The SMILES string of the molecule is c1ccc2c(c1)ccc1cc(CC3CCCC3)oc12. The molecule has 1 fully saturated rings. The van der Waals surface area contributed by atoms with Crippen molar-refractivity contribution in [2.45, 2.75) is 32.1 Å². The van der Waals surface area contributed by atoms with Crippen LogP contribution in [0.5, 0.6) is 0 Å². The van der Waals surface area contributed by atoms with Gasteiger partial charge in [0, 0.05) is 17.2 Å². The van der Waals surface area contributed by atoms with E-state index in [0.29, 0.717) is 0 Å². The maximum absolute atomic E-state index is 6.14. The van der Waals surface area contributed by atoms with Crippen LogP contribution in [0.4, 0.5) is 0 Å². The van der Waals surface area contributed by atoms with Crippen molar-refractivity contribution in [2.75, 3.05) is 0 Å². The summed E-state index contributed by atoms with van der Waals surface area (Å²) in [4.78, 5) is 0. The molecular formula is C18H18O. The Morgan fingerprint density at radius 3 is 2.63 bits per heavy atom. The normalized spacial score (nSPS) is 16.6. The maximum Gasteiger partial charge on any atom is 0.142 e. The van der Waals surface area contributed by atoms with E-state index in [9.17, 15) is 0 Å². The number of hydrogen-bond acceptors (Lipinski definition) is 1. The van der Waals surface area contributed by atoms with Crippen LogP contribution in [-0.2, 0) is 6.42 Å². The molecule has 0 amide bonds. The Morgan fingerprint density at radius 2 is 1.74 bits per heavy atom. The Kier molecular flexibility index (Phi) is 2.58. The lowest BCUT2D eigenvalue weighted by atomic mass is 10.0. The zero-order chi connectivity index (χ0) is 12.7. The van der Waals surface area contributed by atoms with E-state index in [1.165, 1.54) is 47.6 Å². The van der Waals surface area contributed by atoms with Crippen LogP contribution in [0, 0.1) is 5.92 Å². The van der Waals surface area contributed by atoms with Gasteiger partial charge >= 0.3 is 0 Å². The third-order valence-electron chi connectivity index (χ3n) is 4.42. The number of furan rings is 1. The quantitative estimate of drug-likeness (QED) is 0.600. The third kappa shape index (κ3) is 1.94. The summed E-state index contributed by atoms with van der Waals surface area (Å²) in [5.74, 6) is 2.00. The minimum Gasteiger partial charge on any atom is -0.460 e. The van der Waals surface area contributed by atoms with Gasteiger partial charge < -0.3 is 4.42 Å². The summed E-state index contributed by atoms with van der Waals surface area (Å²) in [6, 6.07) is 15.1. The molecule has 0 bridgehead atoms. The molecule has 0 saturated heterocycles. The fourth-order valence-electron chi connectivity index (χ4n) is 3.42. The van der Waals surface area contributed by atoms with E-state index in [1.54, 1.807) is 0 Å². The second-order valence-electron chi connectivity index (χ2n) is 5.77. The van der Waals surface area contributed by atoms with Gasteiger partial charge in [-0.2, -0.15) is 0 Å². The summed E-state index contributed by atoms with van der Waals surface area (Å²) < 4.78 is 6.14. The van der Waals surface area contributed by atoms with Gasteiger partial charge in [-0.15, -0.1) is 0 Å². The second-order valence-corrected chi connectivity index (χ2v) is 5.77. The number of benzene rings is 2. The van der Waals surface area contributed by atoms with E-state index in [4.69, 9.17) is 4.42 Å². The lowest BCUT2D eigenvalue weighted by Gasteiger charge is -2.04. The highest BCUT2D eigenvalue weighted by Crippen LogP contribution is 2.32. The van der Waals surface area contributed by atoms with Crippen LogP contribution in [0.25, 0.3) is 21.7 Å². The van der Waals surface area contributed by atoms with Gasteiger partial charge in [-0.1, -0.05) is 62.1 Å². The minimum atomic E-state index is 0.840. The first-order valence-corrected chi connectivity index (χ1v) is 7.30. The maximum atomic E-state index is 6.14. The van der Waals surface area contributed by atoms with Gasteiger partial charge in [0.2, 0.25) is 0 Å². The largest absolute Gasteiger partial charge is 0.460 e. The first-order valence-electron chi connectivity index (χ1n) is 7.30. The highest BCUT2D eigenvalue weighted by molar-refractivity contribution is 6.04. The molecule has 0 spiro atoms. The van der Waals surface area contributed by atoms with Gasteiger partial charge in [0.25, 0.3) is 0 Å². The van der Waals surface area contributed by atoms with Gasteiger partial charge in [-0.25, -0.2) is 0 Å². The molecular weight excluding hydrogens is 232 g/mol. The van der Waals surface area contributed by atoms with Crippen molar-refractivity contribution < 1.29 is 4.42 Å². The first kappa shape index (κ1) is 11.1. The van der Waals surface area contributed by atoms with Crippen molar-refractivity contribution in [3.8, 4) is 0 Å². The van der Waals surface area contributed by atoms with E-state index in [2.05, 4.69) is 42.5 Å². The van der Waals surface area contributed by atoms with Crippen LogP contribution >= 0.6 is 0 Å². The van der Waals surface area contributed by atoms with Gasteiger partial charge in [0.15, 0.2) is 0 Å². The number of fused-ring (bicyclic) bond motifs is 3. The molecule has 96 valence electrons. The zero-order valence-electron chi connectivity index (χ0n) is 11.1. The zero-order valence-corrected chi connectivity index (χ0v) is 11.1. The Morgan fingerprint density at radius 1 is 0.947 bits per heavy atom. The Labute approximate surface area is 113 Å². The van der Waals surface area contributed by atoms with Gasteiger partial charge in [0.05, 0.1) is 0 Å². The van der Waals surface area contributed by atoms with Crippen LogP contribution in [0.2, 0.25) is 0 Å². The average molecular weight is 250 g/mol. The molecule has 1 aromatic heterocycles. The molecule has 1 nitrogen and oxygen atoms in total. The van der Waals surface area contributed by atoms with E-state index < -0.39 is 0 Å².